The summed E-state index contributed by atoms with van der Waals surface area (Å²) < 4.78 is 55.8. The summed E-state index contributed by atoms with van der Waals surface area (Å²) in [5, 5.41) is 16.0. The Bertz CT molecular complexity index is 1630. The fourth-order valence-corrected chi connectivity index (χ4v) is 6.96. The number of sulfonamides is 1. The van der Waals surface area contributed by atoms with Crippen molar-refractivity contribution >= 4 is 39.0 Å². The first kappa shape index (κ1) is 29.6. The van der Waals surface area contributed by atoms with Crippen molar-refractivity contribution in [3.05, 3.63) is 64.9 Å². The molecule has 0 saturated carbocycles. The molecule has 0 radical (unpaired) electrons. The average Bonchev–Trinajstić information content (AvgIpc) is 3.59. The molecule has 224 valence electrons. The van der Waals surface area contributed by atoms with Crippen LogP contribution in [-0.4, -0.2) is 68.0 Å². The second-order valence-electron chi connectivity index (χ2n) is 11.4. The van der Waals surface area contributed by atoms with Crippen LogP contribution in [-0.2, 0) is 26.8 Å². The largest absolute Gasteiger partial charge is 0.378 e. The molecule has 2 amide bonds. The van der Waals surface area contributed by atoms with Crippen LogP contribution < -0.4 is 20.9 Å². The monoisotopic (exact) mass is 601 g/mol. The molecule has 0 unspecified atom stereocenters. The molecule has 11 nitrogen and oxygen atoms in total. The van der Waals surface area contributed by atoms with Crippen LogP contribution in [0.5, 0.6) is 0 Å². The van der Waals surface area contributed by atoms with Gasteiger partial charge in [0.25, 0.3) is 5.91 Å². The number of aromatic amines is 1. The van der Waals surface area contributed by atoms with Gasteiger partial charge >= 0.3 is 0 Å². The molecule has 2 aromatic carbocycles. The minimum atomic E-state index is -4.30. The number of nitrogens with zero attached hydrogens (tertiary/aromatic N) is 3. The average molecular weight is 602 g/mol. The van der Waals surface area contributed by atoms with Gasteiger partial charge in [0.05, 0.1) is 22.2 Å². The number of anilines is 3. The highest BCUT2D eigenvalue weighted by atomic mass is 32.2. The lowest BCUT2D eigenvalue weighted by atomic mass is 9.84. The second kappa shape index (κ2) is 11.1. The third-order valence-corrected chi connectivity index (χ3v) is 9.32. The van der Waals surface area contributed by atoms with E-state index < -0.39 is 37.9 Å². The molecule has 1 aromatic heterocycles. The Labute approximate surface area is 242 Å². The molecular weight excluding hydrogens is 568 g/mol. The molecule has 3 aromatic rings. The Kier molecular flexibility index (Phi) is 7.81. The Morgan fingerprint density at radius 2 is 1.81 bits per heavy atom. The summed E-state index contributed by atoms with van der Waals surface area (Å²) in [6.07, 6.45) is 1.57. The first-order chi connectivity index (χ1) is 19.8. The predicted octanol–water partition coefficient (Wildman–Crippen LogP) is 3.18. The normalized spacial score (nSPS) is 18.4. The van der Waals surface area contributed by atoms with Crippen LogP contribution >= 0.6 is 0 Å². The number of benzene rings is 2. The maximum absolute atomic E-state index is 13.9. The topological polar surface area (TPSA) is 140 Å². The number of nitrogens with one attached hydrogen (secondary N) is 4. The zero-order valence-corrected chi connectivity index (χ0v) is 24.5. The number of hydrogen-bond acceptors (Lipinski definition) is 7. The summed E-state index contributed by atoms with van der Waals surface area (Å²) >= 11 is 0. The van der Waals surface area contributed by atoms with Crippen LogP contribution in [0, 0.1) is 11.6 Å². The molecule has 4 N–H and O–H groups in total. The molecular formula is C28H33F2N7O4S. The minimum absolute atomic E-state index is 0.00737. The van der Waals surface area contributed by atoms with E-state index >= 15 is 0 Å². The molecule has 1 fully saturated rings. The number of rotatable bonds is 7. The quantitative estimate of drug-likeness (QED) is 0.326. The van der Waals surface area contributed by atoms with Crippen LogP contribution in [0.4, 0.5) is 26.0 Å². The van der Waals surface area contributed by atoms with Gasteiger partial charge < -0.3 is 20.9 Å². The molecule has 2 aliphatic rings. The fourth-order valence-electron chi connectivity index (χ4n) is 5.35. The van der Waals surface area contributed by atoms with E-state index in [9.17, 15) is 26.8 Å². The molecule has 5 rings (SSSR count). The summed E-state index contributed by atoms with van der Waals surface area (Å²) in [4.78, 5) is 27.8. The van der Waals surface area contributed by atoms with E-state index in [1.165, 1.54) is 0 Å². The summed E-state index contributed by atoms with van der Waals surface area (Å²) in [6.45, 7) is 4.15. The van der Waals surface area contributed by atoms with Gasteiger partial charge in [-0.05, 0) is 49.7 Å². The van der Waals surface area contributed by atoms with Crippen molar-refractivity contribution < 1.29 is 26.8 Å². The smallest absolute Gasteiger partial charge is 0.258 e. The molecule has 3 heterocycles. The maximum atomic E-state index is 13.9. The van der Waals surface area contributed by atoms with Gasteiger partial charge in [0.1, 0.15) is 11.6 Å². The van der Waals surface area contributed by atoms with Crippen molar-refractivity contribution in [1.82, 2.24) is 19.8 Å². The lowest BCUT2D eigenvalue weighted by Crippen LogP contribution is -2.45. The number of fused-ring (bicyclic) bond motifs is 1. The van der Waals surface area contributed by atoms with E-state index in [4.69, 9.17) is 0 Å². The van der Waals surface area contributed by atoms with Crippen LogP contribution in [0.1, 0.15) is 48.3 Å². The Morgan fingerprint density at radius 1 is 1.10 bits per heavy atom. The number of hydrogen-bond donors (Lipinski definition) is 4. The highest BCUT2D eigenvalue weighted by molar-refractivity contribution is 7.89. The van der Waals surface area contributed by atoms with Gasteiger partial charge in [-0.2, -0.15) is 9.40 Å². The fraction of sp³-hybridized carbons (Fsp3) is 0.393. The molecule has 1 atom stereocenters. The Balaban J connectivity index is 1.45. The third kappa shape index (κ3) is 5.74. The van der Waals surface area contributed by atoms with Gasteiger partial charge in [-0.1, -0.05) is 13.8 Å². The van der Waals surface area contributed by atoms with Crippen molar-refractivity contribution in [1.29, 1.82) is 0 Å². The van der Waals surface area contributed by atoms with E-state index in [0.717, 1.165) is 35.1 Å². The van der Waals surface area contributed by atoms with Gasteiger partial charge in [0.2, 0.25) is 15.9 Å². The van der Waals surface area contributed by atoms with Crippen molar-refractivity contribution in [2.75, 3.05) is 42.7 Å². The van der Waals surface area contributed by atoms with Gasteiger partial charge in [-0.3, -0.25) is 14.7 Å². The van der Waals surface area contributed by atoms with Gasteiger partial charge in [-0.15, -0.1) is 0 Å². The number of amides is 2. The van der Waals surface area contributed by atoms with Gasteiger partial charge in [0.15, 0.2) is 5.82 Å². The van der Waals surface area contributed by atoms with Crippen LogP contribution in [0.2, 0.25) is 0 Å². The predicted molar refractivity (Wildman–Crippen MR) is 154 cm³/mol. The van der Waals surface area contributed by atoms with Crippen LogP contribution in [0.3, 0.4) is 0 Å². The van der Waals surface area contributed by atoms with E-state index in [-0.39, 0.29) is 36.4 Å². The van der Waals surface area contributed by atoms with E-state index in [1.54, 1.807) is 32.0 Å². The SMILES string of the molecule is CN(C)c1ccc(C(=O)Nc2n[nH]c3c2CN(S(=O)(=O)c2cc(F)cc(F)c2)CC3(C)C)c(NC(=O)[C@H]2CCCN2)c1. The van der Waals surface area contributed by atoms with E-state index in [2.05, 4.69) is 26.1 Å². The number of halogens is 2. The standard InChI is InChI=1S/C28H33F2N7O4S/c1-28(2)15-37(42(40,41)19-11-16(29)10-17(30)12-19)14-21-24(28)34-35-25(21)33-26(38)20-8-7-18(36(3)4)13-23(20)32-27(39)22-6-5-9-31-22/h7-8,10-13,22,31H,5-6,9,14-15H2,1-4H3,(H,32,39)(H2,33,34,35,38)/t22-/m1/s1. The molecule has 0 spiro atoms. The molecule has 0 aliphatic carbocycles. The minimum Gasteiger partial charge on any atom is -0.378 e. The molecule has 2 aliphatic heterocycles. The molecule has 14 heteroatoms. The molecule has 1 saturated heterocycles. The Hall–Kier alpha value is -3.88. The van der Waals surface area contributed by atoms with E-state index in [0.29, 0.717) is 29.4 Å². The van der Waals surface area contributed by atoms with Crippen molar-refractivity contribution in [2.45, 2.75) is 49.6 Å². The summed E-state index contributed by atoms with van der Waals surface area (Å²) in [6, 6.07) is 6.84. The first-order valence-corrected chi connectivity index (χ1v) is 14.9. The van der Waals surface area contributed by atoms with Gasteiger partial charge in [-0.25, -0.2) is 17.2 Å². The molecule has 0 bridgehead atoms. The highest BCUT2D eigenvalue weighted by Crippen LogP contribution is 2.38. The van der Waals surface area contributed by atoms with E-state index in [1.807, 2.05) is 19.0 Å². The lowest BCUT2D eigenvalue weighted by Gasteiger charge is -2.36. The zero-order valence-electron chi connectivity index (χ0n) is 23.7. The first-order valence-electron chi connectivity index (χ1n) is 13.5. The number of aromatic nitrogens is 2. The Morgan fingerprint density at radius 3 is 2.45 bits per heavy atom. The summed E-state index contributed by atoms with van der Waals surface area (Å²) in [5.41, 5.74) is 1.56. The zero-order chi connectivity index (χ0) is 30.4. The number of H-pyrrole nitrogens is 1. The summed E-state index contributed by atoms with van der Waals surface area (Å²) in [5.74, 6) is -2.71. The van der Waals surface area contributed by atoms with Crippen molar-refractivity contribution in [2.24, 2.45) is 0 Å². The highest BCUT2D eigenvalue weighted by Gasteiger charge is 2.41. The van der Waals surface area contributed by atoms with Gasteiger partial charge in [0, 0.05) is 55.6 Å². The van der Waals surface area contributed by atoms with Crippen molar-refractivity contribution in [3.63, 3.8) is 0 Å². The van der Waals surface area contributed by atoms with Crippen LogP contribution in [0.15, 0.2) is 41.3 Å². The lowest BCUT2D eigenvalue weighted by molar-refractivity contribution is -0.117. The van der Waals surface area contributed by atoms with Crippen LogP contribution in [0.25, 0.3) is 0 Å². The molecule has 42 heavy (non-hydrogen) atoms. The maximum Gasteiger partial charge on any atom is 0.258 e. The number of carbonyl (C=O) groups excluding carboxylic acids is 2. The second-order valence-corrected chi connectivity index (χ2v) is 13.3. The third-order valence-electron chi connectivity index (χ3n) is 7.55. The van der Waals surface area contributed by atoms with Crippen molar-refractivity contribution in [3.8, 4) is 0 Å². The summed E-state index contributed by atoms with van der Waals surface area (Å²) in [7, 11) is -0.612. The number of carbonyl (C=O) groups is 2.